The van der Waals surface area contributed by atoms with Crippen LogP contribution in [0.15, 0.2) is 12.1 Å². The third-order valence-corrected chi connectivity index (χ3v) is 3.11. The Kier molecular flexibility index (Phi) is 7.99. The van der Waals surface area contributed by atoms with Crippen molar-refractivity contribution in [3.05, 3.63) is 28.8 Å². The van der Waals surface area contributed by atoms with Crippen LogP contribution in [0.1, 0.15) is 23.1 Å². The van der Waals surface area contributed by atoms with E-state index in [1.807, 2.05) is 32.9 Å². The van der Waals surface area contributed by atoms with Crippen LogP contribution in [-0.4, -0.2) is 36.9 Å². The van der Waals surface area contributed by atoms with E-state index in [1.54, 1.807) is 7.05 Å². The lowest BCUT2D eigenvalue weighted by Gasteiger charge is -2.18. The molecule has 0 saturated heterocycles. The zero-order valence-electron chi connectivity index (χ0n) is 13.0. The summed E-state index contributed by atoms with van der Waals surface area (Å²) in [7, 11) is 1.60. The van der Waals surface area contributed by atoms with Crippen LogP contribution in [-0.2, 0) is 9.59 Å². The van der Waals surface area contributed by atoms with Gasteiger partial charge in [0.05, 0.1) is 6.54 Å². The van der Waals surface area contributed by atoms with E-state index in [-0.39, 0.29) is 37.2 Å². The molecule has 0 aliphatic heterocycles. The predicted octanol–water partition coefficient (Wildman–Crippen LogP) is 1.78. The van der Waals surface area contributed by atoms with Gasteiger partial charge in [0.2, 0.25) is 11.8 Å². The minimum absolute atomic E-state index is 0. The quantitative estimate of drug-likeness (QED) is 0.870. The van der Waals surface area contributed by atoms with E-state index in [0.717, 1.165) is 22.4 Å². The lowest BCUT2D eigenvalue weighted by molar-refractivity contribution is -0.133. The molecule has 0 aliphatic rings. The van der Waals surface area contributed by atoms with Gasteiger partial charge in [-0.05, 0) is 31.9 Å². The Morgan fingerprint density at radius 2 is 1.71 bits per heavy atom. The highest BCUT2D eigenvalue weighted by Gasteiger charge is 2.13. The number of benzene rings is 1. The molecule has 0 unspecified atom stereocenters. The fourth-order valence-corrected chi connectivity index (χ4v) is 2.17. The van der Waals surface area contributed by atoms with Crippen molar-refractivity contribution in [2.24, 2.45) is 5.73 Å². The molecule has 6 heteroatoms. The summed E-state index contributed by atoms with van der Waals surface area (Å²) in [4.78, 5) is 25.0. The van der Waals surface area contributed by atoms with E-state index in [4.69, 9.17) is 5.73 Å². The first-order valence-corrected chi connectivity index (χ1v) is 6.67. The number of carbonyl (C=O) groups is 2. The maximum Gasteiger partial charge on any atom is 0.243 e. The van der Waals surface area contributed by atoms with Gasteiger partial charge in [0, 0.05) is 25.7 Å². The zero-order valence-corrected chi connectivity index (χ0v) is 13.8. The molecule has 0 atom stereocenters. The Morgan fingerprint density at radius 1 is 1.19 bits per heavy atom. The van der Waals surface area contributed by atoms with Gasteiger partial charge in [-0.1, -0.05) is 17.7 Å². The third kappa shape index (κ3) is 5.73. The number of nitrogens with zero attached hydrogens (tertiary/aromatic N) is 1. The van der Waals surface area contributed by atoms with E-state index < -0.39 is 0 Å². The van der Waals surface area contributed by atoms with Gasteiger partial charge in [0.25, 0.3) is 0 Å². The highest BCUT2D eigenvalue weighted by Crippen LogP contribution is 2.21. The number of carbonyl (C=O) groups excluding carboxylic acids is 2. The van der Waals surface area contributed by atoms with E-state index >= 15 is 0 Å². The van der Waals surface area contributed by atoms with Crippen molar-refractivity contribution in [1.82, 2.24) is 4.90 Å². The summed E-state index contributed by atoms with van der Waals surface area (Å²) in [5.74, 6) is -0.326. The molecule has 0 fully saturated rings. The highest BCUT2D eigenvalue weighted by molar-refractivity contribution is 5.95. The molecule has 0 heterocycles. The Bertz CT molecular complexity index is 495. The number of hydrogen-bond acceptors (Lipinski definition) is 3. The van der Waals surface area contributed by atoms with Crippen molar-refractivity contribution in [2.45, 2.75) is 27.2 Å². The monoisotopic (exact) mass is 313 g/mol. The van der Waals surface area contributed by atoms with Crippen LogP contribution >= 0.6 is 12.4 Å². The lowest BCUT2D eigenvalue weighted by Crippen LogP contribution is -2.36. The molecule has 0 bridgehead atoms. The summed E-state index contributed by atoms with van der Waals surface area (Å²) < 4.78 is 0. The standard InChI is InChI=1S/C15H23N3O2.ClH/c1-10-7-11(2)15(12(3)8-10)17-13(19)9-18(4)14(20)5-6-16;/h7-8H,5-6,9,16H2,1-4H3,(H,17,19);1H. The van der Waals surface area contributed by atoms with Crippen molar-refractivity contribution in [3.63, 3.8) is 0 Å². The Hall–Kier alpha value is -1.59. The van der Waals surface area contributed by atoms with Gasteiger partial charge in [-0.15, -0.1) is 12.4 Å². The van der Waals surface area contributed by atoms with Gasteiger partial charge in [0.1, 0.15) is 0 Å². The molecule has 0 saturated carbocycles. The largest absolute Gasteiger partial charge is 0.336 e. The van der Waals surface area contributed by atoms with Gasteiger partial charge < -0.3 is 16.0 Å². The third-order valence-electron chi connectivity index (χ3n) is 3.11. The average Bonchev–Trinajstić information content (AvgIpc) is 2.34. The van der Waals surface area contributed by atoms with Crippen LogP contribution in [0, 0.1) is 20.8 Å². The van der Waals surface area contributed by atoms with Crippen LogP contribution in [0.2, 0.25) is 0 Å². The summed E-state index contributed by atoms with van der Waals surface area (Å²) in [5, 5.41) is 2.87. The normalized spacial score (nSPS) is 9.76. The fraction of sp³-hybridized carbons (Fsp3) is 0.467. The first-order chi connectivity index (χ1) is 9.35. The zero-order chi connectivity index (χ0) is 15.3. The molecule has 5 nitrogen and oxygen atoms in total. The Balaban J connectivity index is 0.00000400. The molecule has 0 spiro atoms. The van der Waals surface area contributed by atoms with Gasteiger partial charge in [-0.25, -0.2) is 0 Å². The van der Waals surface area contributed by atoms with Crippen LogP contribution in [0.5, 0.6) is 0 Å². The number of nitrogens with two attached hydrogens (primary N) is 1. The first kappa shape index (κ1) is 19.4. The van der Waals surface area contributed by atoms with Crippen molar-refractivity contribution in [2.75, 3.05) is 25.5 Å². The molecule has 1 rings (SSSR count). The maximum atomic E-state index is 12.0. The molecular formula is C15H24ClN3O2. The summed E-state index contributed by atoms with van der Waals surface area (Å²) in [6.45, 7) is 6.26. The Labute approximate surface area is 132 Å². The molecular weight excluding hydrogens is 290 g/mol. The van der Waals surface area contributed by atoms with E-state index in [0.29, 0.717) is 6.54 Å². The van der Waals surface area contributed by atoms with E-state index in [2.05, 4.69) is 5.32 Å². The number of anilines is 1. The number of aryl methyl sites for hydroxylation is 3. The van der Waals surface area contributed by atoms with E-state index in [9.17, 15) is 9.59 Å². The van der Waals surface area contributed by atoms with Crippen LogP contribution < -0.4 is 11.1 Å². The number of nitrogens with one attached hydrogen (secondary N) is 1. The smallest absolute Gasteiger partial charge is 0.243 e. The molecule has 118 valence electrons. The maximum absolute atomic E-state index is 12.0. The number of likely N-dealkylation sites (N-methyl/N-ethyl adjacent to an activating group) is 1. The number of amides is 2. The van der Waals surface area contributed by atoms with Crippen LogP contribution in [0.4, 0.5) is 5.69 Å². The summed E-state index contributed by atoms with van der Waals surface area (Å²) in [6.07, 6.45) is 0.256. The minimum atomic E-state index is -0.201. The van der Waals surface area contributed by atoms with Crippen molar-refractivity contribution in [1.29, 1.82) is 0 Å². The molecule has 0 radical (unpaired) electrons. The van der Waals surface area contributed by atoms with Gasteiger partial charge in [-0.2, -0.15) is 0 Å². The number of rotatable bonds is 5. The van der Waals surface area contributed by atoms with Gasteiger partial charge in [0.15, 0.2) is 0 Å². The molecule has 1 aromatic rings. The van der Waals surface area contributed by atoms with Crippen molar-refractivity contribution < 1.29 is 9.59 Å². The van der Waals surface area contributed by atoms with Gasteiger partial charge >= 0.3 is 0 Å². The van der Waals surface area contributed by atoms with Crippen LogP contribution in [0.3, 0.4) is 0 Å². The lowest BCUT2D eigenvalue weighted by atomic mass is 10.1. The Morgan fingerprint density at radius 3 is 2.19 bits per heavy atom. The minimum Gasteiger partial charge on any atom is -0.336 e. The van der Waals surface area contributed by atoms with Gasteiger partial charge in [-0.3, -0.25) is 9.59 Å². The number of halogens is 1. The average molecular weight is 314 g/mol. The SMILES string of the molecule is Cc1cc(C)c(NC(=O)CN(C)C(=O)CCN)c(C)c1.Cl. The summed E-state index contributed by atoms with van der Waals surface area (Å²) in [6, 6.07) is 4.04. The molecule has 0 aliphatic carbocycles. The first-order valence-electron chi connectivity index (χ1n) is 6.67. The highest BCUT2D eigenvalue weighted by atomic mass is 35.5. The summed E-state index contributed by atoms with van der Waals surface area (Å²) in [5.41, 5.74) is 9.35. The summed E-state index contributed by atoms with van der Waals surface area (Å²) >= 11 is 0. The van der Waals surface area contributed by atoms with Crippen molar-refractivity contribution in [3.8, 4) is 0 Å². The molecule has 21 heavy (non-hydrogen) atoms. The molecule has 2 amide bonds. The topological polar surface area (TPSA) is 75.4 Å². The fourth-order valence-electron chi connectivity index (χ4n) is 2.17. The van der Waals surface area contributed by atoms with Crippen molar-refractivity contribution >= 4 is 29.9 Å². The molecule has 0 aromatic heterocycles. The van der Waals surface area contributed by atoms with Crippen LogP contribution in [0.25, 0.3) is 0 Å². The number of hydrogen-bond donors (Lipinski definition) is 2. The second-order valence-electron chi connectivity index (χ2n) is 5.11. The second-order valence-corrected chi connectivity index (χ2v) is 5.11. The molecule has 1 aromatic carbocycles. The predicted molar refractivity (Wildman–Crippen MR) is 87.8 cm³/mol. The van der Waals surface area contributed by atoms with E-state index in [1.165, 1.54) is 4.90 Å². The molecule has 3 N–H and O–H groups in total. The second kappa shape index (κ2) is 8.64.